The van der Waals surface area contributed by atoms with Crippen LogP contribution in [0.1, 0.15) is 27.4 Å². The molecule has 0 aliphatic carbocycles. The van der Waals surface area contributed by atoms with Gasteiger partial charge in [-0.3, -0.25) is 14.9 Å². The number of esters is 1. The molecule has 4 aromatic rings. The van der Waals surface area contributed by atoms with E-state index in [1.165, 1.54) is 24.1 Å². The van der Waals surface area contributed by atoms with Crippen LogP contribution in [-0.4, -0.2) is 45.6 Å². The topological polar surface area (TPSA) is 121 Å². The van der Waals surface area contributed by atoms with Crippen molar-refractivity contribution in [1.29, 1.82) is 0 Å². The van der Waals surface area contributed by atoms with Crippen LogP contribution in [0.25, 0.3) is 16.9 Å². The molecule has 10 nitrogen and oxygen atoms in total. The SMILES string of the molecule is COC(=O)c1cc(CN(C)C(=O)Cc2cn(-c3ccccc3)nc2-c2ccc([N+](=O)[O-])cc2)oc1C. The van der Waals surface area contributed by atoms with Crippen molar-refractivity contribution < 1.29 is 23.7 Å². The second-order valence-electron chi connectivity index (χ2n) is 8.19. The van der Waals surface area contributed by atoms with E-state index in [4.69, 9.17) is 9.15 Å². The zero-order chi connectivity index (χ0) is 25.8. The van der Waals surface area contributed by atoms with E-state index in [1.54, 1.807) is 43.0 Å². The average molecular weight is 489 g/mol. The van der Waals surface area contributed by atoms with Crippen molar-refractivity contribution in [3.8, 4) is 16.9 Å². The van der Waals surface area contributed by atoms with Crippen LogP contribution in [0.3, 0.4) is 0 Å². The van der Waals surface area contributed by atoms with Crippen LogP contribution in [0.4, 0.5) is 5.69 Å². The summed E-state index contributed by atoms with van der Waals surface area (Å²) in [5.74, 6) is 0.179. The molecule has 0 atom stereocenters. The largest absolute Gasteiger partial charge is 0.465 e. The number of aryl methyl sites for hydroxylation is 1. The summed E-state index contributed by atoms with van der Waals surface area (Å²) in [5.41, 5.74) is 2.98. The molecule has 0 bridgehead atoms. The van der Waals surface area contributed by atoms with Crippen molar-refractivity contribution in [2.75, 3.05) is 14.2 Å². The summed E-state index contributed by atoms with van der Waals surface area (Å²) in [6.45, 7) is 1.82. The zero-order valence-electron chi connectivity index (χ0n) is 20.0. The van der Waals surface area contributed by atoms with Gasteiger partial charge in [0.15, 0.2) is 0 Å². The first-order valence-corrected chi connectivity index (χ1v) is 11.1. The molecule has 1 amide bonds. The molecule has 0 unspecified atom stereocenters. The van der Waals surface area contributed by atoms with Crippen LogP contribution >= 0.6 is 0 Å². The van der Waals surface area contributed by atoms with E-state index < -0.39 is 10.9 Å². The minimum atomic E-state index is -0.502. The summed E-state index contributed by atoms with van der Waals surface area (Å²) < 4.78 is 12.1. The lowest BCUT2D eigenvalue weighted by Crippen LogP contribution is -2.27. The number of carbonyl (C=O) groups excluding carboxylic acids is 2. The third-order valence-electron chi connectivity index (χ3n) is 5.70. The molecule has 0 N–H and O–H groups in total. The predicted molar refractivity (Wildman–Crippen MR) is 131 cm³/mol. The van der Waals surface area contributed by atoms with E-state index in [0.29, 0.717) is 33.9 Å². The first-order chi connectivity index (χ1) is 17.3. The molecule has 0 spiro atoms. The molecule has 4 rings (SSSR count). The van der Waals surface area contributed by atoms with E-state index in [1.807, 2.05) is 30.3 Å². The number of amides is 1. The smallest absolute Gasteiger partial charge is 0.341 e. The number of nitrogens with zero attached hydrogens (tertiary/aromatic N) is 4. The van der Waals surface area contributed by atoms with Crippen molar-refractivity contribution in [3.63, 3.8) is 0 Å². The Kier molecular flexibility index (Phi) is 6.95. The van der Waals surface area contributed by atoms with Gasteiger partial charge in [0, 0.05) is 36.5 Å². The minimum absolute atomic E-state index is 0.0290. The molecule has 0 aliphatic heterocycles. The third kappa shape index (κ3) is 5.17. The maximum absolute atomic E-state index is 13.1. The van der Waals surface area contributed by atoms with Crippen LogP contribution in [-0.2, 0) is 22.5 Å². The number of hydrogen-bond acceptors (Lipinski definition) is 7. The number of para-hydroxylation sites is 1. The maximum atomic E-state index is 13.1. The fourth-order valence-corrected chi connectivity index (χ4v) is 3.79. The lowest BCUT2D eigenvalue weighted by Gasteiger charge is -2.15. The van der Waals surface area contributed by atoms with Crippen molar-refractivity contribution in [2.24, 2.45) is 0 Å². The number of nitro benzene ring substituents is 1. The number of ether oxygens (including phenoxy) is 1. The number of aromatic nitrogens is 2. The second kappa shape index (κ2) is 10.3. The van der Waals surface area contributed by atoms with Crippen molar-refractivity contribution in [1.82, 2.24) is 14.7 Å². The minimum Gasteiger partial charge on any atom is -0.465 e. The lowest BCUT2D eigenvalue weighted by atomic mass is 10.1. The van der Waals surface area contributed by atoms with E-state index in [9.17, 15) is 19.7 Å². The summed E-state index contributed by atoms with van der Waals surface area (Å²) in [6, 6.07) is 17.1. The normalized spacial score (nSPS) is 10.8. The van der Waals surface area contributed by atoms with Gasteiger partial charge in [0.2, 0.25) is 5.91 Å². The maximum Gasteiger partial charge on any atom is 0.341 e. The standard InChI is InChI=1S/C26H24N4O6/c1-17-23(26(32)35-3)14-22(36-17)16-28(2)24(31)13-19-15-29(20-7-5-4-6-8-20)27-25(19)18-9-11-21(12-10-18)30(33)34/h4-12,14-15H,13,16H2,1-3H3. The molecular formula is C26H24N4O6. The molecule has 0 fully saturated rings. The van der Waals surface area contributed by atoms with Crippen LogP contribution in [0.2, 0.25) is 0 Å². The number of nitro groups is 1. The third-order valence-corrected chi connectivity index (χ3v) is 5.70. The molecule has 0 saturated heterocycles. The van der Waals surface area contributed by atoms with Gasteiger partial charge in [0.1, 0.15) is 17.1 Å². The molecular weight excluding hydrogens is 464 g/mol. The monoisotopic (exact) mass is 488 g/mol. The summed E-state index contributed by atoms with van der Waals surface area (Å²) in [4.78, 5) is 37.1. The second-order valence-corrected chi connectivity index (χ2v) is 8.19. The number of benzene rings is 2. The Hall–Kier alpha value is -4.73. The summed E-state index contributed by atoms with van der Waals surface area (Å²) in [7, 11) is 2.94. The van der Waals surface area contributed by atoms with Gasteiger partial charge in [0.25, 0.3) is 5.69 Å². The molecule has 2 aromatic heterocycles. The molecule has 0 radical (unpaired) electrons. The van der Waals surface area contributed by atoms with E-state index in [2.05, 4.69) is 5.10 Å². The van der Waals surface area contributed by atoms with Crippen LogP contribution in [0, 0.1) is 17.0 Å². The first-order valence-electron chi connectivity index (χ1n) is 11.1. The lowest BCUT2D eigenvalue weighted by molar-refractivity contribution is -0.384. The number of methoxy groups -OCH3 is 1. The van der Waals surface area contributed by atoms with Crippen molar-refractivity contribution >= 4 is 17.6 Å². The Morgan fingerprint density at radius 3 is 2.47 bits per heavy atom. The molecule has 2 aromatic carbocycles. The average Bonchev–Trinajstić information content (AvgIpc) is 3.47. The van der Waals surface area contributed by atoms with Gasteiger partial charge in [-0.05, 0) is 37.3 Å². The molecule has 184 valence electrons. The van der Waals surface area contributed by atoms with Gasteiger partial charge in [0.05, 0.1) is 36.4 Å². The van der Waals surface area contributed by atoms with E-state index in [-0.39, 0.29) is 24.6 Å². The summed E-state index contributed by atoms with van der Waals surface area (Å²) >= 11 is 0. The number of likely N-dealkylation sites (N-methyl/N-ethyl adjacent to an activating group) is 1. The highest BCUT2D eigenvalue weighted by Gasteiger charge is 2.21. The van der Waals surface area contributed by atoms with Crippen LogP contribution < -0.4 is 0 Å². The molecule has 0 aliphatic rings. The Labute approximate surface area is 206 Å². The summed E-state index contributed by atoms with van der Waals surface area (Å²) in [5, 5.41) is 15.7. The Bertz CT molecular complexity index is 1410. The van der Waals surface area contributed by atoms with Gasteiger partial charge >= 0.3 is 5.97 Å². The highest BCUT2D eigenvalue weighted by molar-refractivity contribution is 5.90. The van der Waals surface area contributed by atoms with Gasteiger partial charge in [-0.15, -0.1) is 0 Å². The van der Waals surface area contributed by atoms with Gasteiger partial charge < -0.3 is 14.1 Å². The quantitative estimate of drug-likeness (QED) is 0.205. The summed E-state index contributed by atoms with van der Waals surface area (Å²) in [6.07, 6.45) is 1.82. The van der Waals surface area contributed by atoms with Crippen molar-refractivity contribution in [2.45, 2.75) is 19.9 Å². The van der Waals surface area contributed by atoms with Gasteiger partial charge in [-0.25, -0.2) is 9.48 Å². The number of hydrogen-bond donors (Lipinski definition) is 0. The Morgan fingerprint density at radius 2 is 1.83 bits per heavy atom. The van der Waals surface area contributed by atoms with Crippen LogP contribution in [0.5, 0.6) is 0 Å². The number of furan rings is 1. The van der Waals surface area contributed by atoms with Crippen LogP contribution in [0.15, 0.2) is 71.3 Å². The predicted octanol–water partition coefficient (Wildman–Crippen LogP) is 4.34. The van der Waals surface area contributed by atoms with Gasteiger partial charge in [-0.2, -0.15) is 5.10 Å². The molecule has 10 heteroatoms. The highest BCUT2D eigenvalue weighted by atomic mass is 16.6. The Balaban J connectivity index is 1.60. The van der Waals surface area contributed by atoms with E-state index in [0.717, 1.165) is 5.69 Å². The van der Waals surface area contributed by atoms with Gasteiger partial charge in [-0.1, -0.05) is 18.2 Å². The number of rotatable bonds is 8. The van der Waals surface area contributed by atoms with E-state index >= 15 is 0 Å². The fourth-order valence-electron chi connectivity index (χ4n) is 3.79. The number of carbonyl (C=O) groups is 2. The molecule has 2 heterocycles. The molecule has 0 saturated carbocycles. The first kappa shape index (κ1) is 24.4. The highest BCUT2D eigenvalue weighted by Crippen LogP contribution is 2.27. The zero-order valence-corrected chi connectivity index (χ0v) is 20.0. The molecule has 36 heavy (non-hydrogen) atoms. The fraction of sp³-hybridized carbons (Fsp3) is 0.192. The van der Waals surface area contributed by atoms with Crippen molar-refractivity contribution in [3.05, 3.63) is 99.6 Å². The Morgan fingerprint density at radius 1 is 1.14 bits per heavy atom. The number of non-ortho nitro benzene ring substituents is 1.